The van der Waals surface area contributed by atoms with Crippen LogP contribution in [0.25, 0.3) is 0 Å². The van der Waals surface area contributed by atoms with Crippen LogP contribution < -0.4 is 5.32 Å². The summed E-state index contributed by atoms with van der Waals surface area (Å²) in [6, 6.07) is 0.307. The number of hydrogen-bond donors (Lipinski definition) is 2. The van der Waals surface area contributed by atoms with Gasteiger partial charge in [0.2, 0.25) is 0 Å². The van der Waals surface area contributed by atoms with Crippen LogP contribution in [-0.2, 0) is 19.4 Å². The molecule has 1 amide bonds. The van der Waals surface area contributed by atoms with Gasteiger partial charge in [-0.3, -0.25) is 9.48 Å². The van der Waals surface area contributed by atoms with Gasteiger partial charge >= 0.3 is 0 Å². The van der Waals surface area contributed by atoms with Crippen LogP contribution in [0.4, 0.5) is 0 Å². The lowest BCUT2D eigenvalue weighted by Crippen LogP contribution is -2.47. The highest BCUT2D eigenvalue weighted by Crippen LogP contribution is 2.29. The minimum Gasteiger partial charge on any atom is -0.389 e. The Bertz CT molecular complexity index is 632. The third-order valence-electron chi connectivity index (χ3n) is 5.89. The van der Waals surface area contributed by atoms with Gasteiger partial charge in [-0.15, -0.1) is 0 Å². The van der Waals surface area contributed by atoms with Gasteiger partial charge in [-0.05, 0) is 38.5 Å². The first kappa shape index (κ1) is 19.4. The van der Waals surface area contributed by atoms with Crippen LogP contribution in [0.1, 0.15) is 73.6 Å². The van der Waals surface area contributed by atoms with Crippen molar-refractivity contribution in [2.45, 2.75) is 82.9 Å². The van der Waals surface area contributed by atoms with Crippen molar-refractivity contribution in [1.29, 1.82) is 0 Å². The molecule has 1 unspecified atom stereocenters. The van der Waals surface area contributed by atoms with Crippen LogP contribution in [0.5, 0.6) is 0 Å². The van der Waals surface area contributed by atoms with E-state index in [2.05, 4.69) is 17.3 Å². The van der Waals surface area contributed by atoms with Crippen LogP contribution in [0.3, 0.4) is 0 Å². The summed E-state index contributed by atoms with van der Waals surface area (Å²) >= 11 is 0. The fourth-order valence-corrected chi connectivity index (χ4v) is 4.36. The Morgan fingerprint density at radius 2 is 2.08 bits per heavy atom. The lowest BCUT2D eigenvalue weighted by Gasteiger charge is -2.35. The van der Waals surface area contributed by atoms with Gasteiger partial charge in [0.05, 0.1) is 5.60 Å². The Hall–Kier alpha value is -1.40. The fraction of sp³-hybridized carbons (Fsp3) is 0.800. The minimum absolute atomic E-state index is 0.0114. The number of aryl methyl sites for hydroxylation is 1. The second-order valence-corrected chi connectivity index (χ2v) is 8.30. The van der Waals surface area contributed by atoms with Gasteiger partial charge in [0, 0.05) is 44.5 Å². The van der Waals surface area contributed by atoms with E-state index in [4.69, 9.17) is 0 Å². The topological polar surface area (TPSA) is 70.4 Å². The SMILES string of the molecule is CCCn1nc(C(=O)N(C)C)c2c1CCC(NCC1(O)CCCCC1)C2. The van der Waals surface area contributed by atoms with Gasteiger partial charge in [0.1, 0.15) is 0 Å². The van der Waals surface area contributed by atoms with Crippen LogP contribution in [0.2, 0.25) is 0 Å². The predicted molar refractivity (Wildman–Crippen MR) is 102 cm³/mol. The average Bonchev–Trinajstić information content (AvgIpc) is 2.98. The molecule has 1 atom stereocenters. The second kappa shape index (κ2) is 8.09. The van der Waals surface area contributed by atoms with E-state index in [1.165, 1.54) is 12.1 Å². The van der Waals surface area contributed by atoms with Crippen molar-refractivity contribution in [2.24, 2.45) is 0 Å². The van der Waals surface area contributed by atoms with Crippen LogP contribution >= 0.6 is 0 Å². The predicted octanol–water partition coefficient (Wildman–Crippen LogP) is 2.14. The molecular weight excluding hydrogens is 328 g/mol. The number of nitrogens with zero attached hydrogens (tertiary/aromatic N) is 3. The second-order valence-electron chi connectivity index (χ2n) is 8.30. The standard InChI is InChI=1S/C20H34N4O2/c1-4-12-24-17-9-8-15(21-14-20(26)10-6-5-7-11-20)13-16(17)18(22-24)19(25)23(2)3/h15,21,26H,4-14H2,1-3H3. The molecular formula is C20H34N4O2. The van der Waals surface area contributed by atoms with E-state index in [-0.39, 0.29) is 5.91 Å². The fourth-order valence-electron chi connectivity index (χ4n) is 4.36. The number of nitrogens with one attached hydrogen (secondary N) is 1. The quantitative estimate of drug-likeness (QED) is 0.813. The maximum atomic E-state index is 12.6. The lowest BCUT2D eigenvalue weighted by atomic mass is 9.84. The minimum atomic E-state index is -0.548. The summed E-state index contributed by atoms with van der Waals surface area (Å²) in [5, 5.41) is 19.0. The third-order valence-corrected chi connectivity index (χ3v) is 5.89. The molecule has 1 aromatic rings. The molecule has 0 bridgehead atoms. The zero-order chi connectivity index (χ0) is 18.7. The average molecular weight is 363 g/mol. The van der Waals surface area contributed by atoms with Crippen LogP contribution in [0, 0.1) is 0 Å². The molecule has 6 nitrogen and oxygen atoms in total. The summed E-state index contributed by atoms with van der Waals surface area (Å²) < 4.78 is 2.04. The highest BCUT2D eigenvalue weighted by atomic mass is 16.3. The first-order valence-corrected chi connectivity index (χ1v) is 10.2. The molecule has 0 radical (unpaired) electrons. The number of hydrogen-bond acceptors (Lipinski definition) is 4. The molecule has 0 saturated heterocycles. The van der Waals surface area contributed by atoms with Crippen LogP contribution in [0.15, 0.2) is 0 Å². The number of carbonyl (C=O) groups excluding carboxylic acids is 1. The monoisotopic (exact) mass is 362 g/mol. The number of carbonyl (C=O) groups is 1. The summed E-state index contributed by atoms with van der Waals surface area (Å²) in [6.45, 7) is 3.66. The molecule has 2 N–H and O–H groups in total. The van der Waals surface area contributed by atoms with Gasteiger partial charge in [-0.2, -0.15) is 5.10 Å². The number of amides is 1. The molecule has 2 aliphatic rings. The van der Waals surface area contributed by atoms with Gasteiger partial charge in [0.15, 0.2) is 5.69 Å². The van der Waals surface area contributed by atoms with Crippen molar-refractivity contribution in [2.75, 3.05) is 20.6 Å². The molecule has 1 fully saturated rings. The van der Waals surface area contributed by atoms with Crippen molar-refractivity contribution < 1.29 is 9.90 Å². The van der Waals surface area contributed by atoms with E-state index in [0.717, 1.165) is 63.5 Å². The molecule has 1 heterocycles. The molecule has 1 saturated carbocycles. The molecule has 3 rings (SSSR count). The van der Waals surface area contributed by atoms with E-state index in [0.29, 0.717) is 18.3 Å². The maximum absolute atomic E-state index is 12.6. The molecule has 2 aliphatic carbocycles. The molecule has 0 spiro atoms. The summed E-state index contributed by atoms with van der Waals surface area (Å²) in [5.74, 6) is -0.0114. The normalized spacial score (nSPS) is 22.1. The van der Waals surface area contributed by atoms with E-state index in [1.807, 2.05) is 4.68 Å². The van der Waals surface area contributed by atoms with Crippen molar-refractivity contribution in [3.63, 3.8) is 0 Å². The summed E-state index contributed by atoms with van der Waals surface area (Å²) in [6.07, 6.45) is 9.10. The van der Waals surface area contributed by atoms with Gasteiger partial charge < -0.3 is 15.3 Å². The third kappa shape index (κ3) is 4.12. The Kier molecular flexibility index (Phi) is 6.03. The Balaban J connectivity index is 1.72. The molecule has 0 aliphatic heterocycles. The van der Waals surface area contributed by atoms with Crippen molar-refractivity contribution in [1.82, 2.24) is 20.0 Å². The molecule has 1 aromatic heterocycles. The number of aromatic nitrogens is 2. The highest BCUT2D eigenvalue weighted by Gasteiger charge is 2.33. The number of rotatable bonds is 6. The molecule has 26 heavy (non-hydrogen) atoms. The molecule has 146 valence electrons. The molecule has 6 heteroatoms. The first-order chi connectivity index (χ1) is 12.4. The highest BCUT2D eigenvalue weighted by molar-refractivity contribution is 5.93. The van der Waals surface area contributed by atoms with Crippen LogP contribution in [-0.4, -0.2) is 58.0 Å². The van der Waals surface area contributed by atoms with Gasteiger partial charge in [0.25, 0.3) is 5.91 Å². The first-order valence-electron chi connectivity index (χ1n) is 10.2. The van der Waals surface area contributed by atoms with E-state index < -0.39 is 5.60 Å². The Labute approximate surface area is 156 Å². The summed E-state index contributed by atoms with van der Waals surface area (Å²) in [4.78, 5) is 14.2. The van der Waals surface area contributed by atoms with E-state index >= 15 is 0 Å². The smallest absolute Gasteiger partial charge is 0.274 e. The Morgan fingerprint density at radius 3 is 2.73 bits per heavy atom. The van der Waals surface area contributed by atoms with Crippen molar-refractivity contribution >= 4 is 5.91 Å². The van der Waals surface area contributed by atoms with Crippen molar-refractivity contribution in [3.05, 3.63) is 17.0 Å². The number of fused-ring (bicyclic) bond motifs is 1. The van der Waals surface area contributed by atoms with Gasteiger partial charge in [-0.25, -0.2) is 0 Å². The van der Waals surface area contributed by atoms with E-state index in [1.54, 1.807) is 19.0 Å². The lowest BCUT2D eigenvalue weighted by molar-refractivity contribution is 0.00227. The zero-order valence-corrected chi connectivity index (χ0v) is 16.6. The molecule has 0 aromatic carbocycles. The number of aliphatic hydroxyl groups is 1. The van der Waals surface area contributed by atoms with Gasteiger partial charge in [-0.1, -0.05) is 26.2 Å². The maximum Gasteiger partial charge on any atom is 0.274 e. The zero-order valence-electron chi connectivity index (χ0n) is 16.6. The van der Waals surface area contributed by atoms with Crippen molar-refractivity contribution in [3.8, 4) is 0 Å². The summed E-state index contributed by atoms with van der Waals surface area (Å²) in [5.41, 5.74) is 2.40. The largest absolute Gasteiger partial charge is 0.389 e. The Morgan fingerprint density at radius 1 is 1.35 bits per heavy atom. The van der Waals surface area contributed by atoms with E-state index in [9.17, 15) is 9.90 Å². The summed E-state index contributed by atoms with van der Waals surface area (Å²) in [7, 11) is 3.56.